The first-order chi connectivity index (χ1) is 12.0. The molecular formula is C17H13F2N3O2S. The zero-order chi connectivity index (χ0) is 17.8. The van der Waals surface area contributed by atoms with Gasteiger partial charge in [-0.25, -0.2) is 8.78 Å². The molecule has 0 spiro atoms. The third-order valence-corrected chi connectivity index (χ3v) is 4.22. The molecule has 0 radical (unpaired) electrons. The molecule has 8 heteroatoms. The summed E-state index contributed by atoms with van der Waals surface area (Å²) >= 11 is 1.00. The Labute approximate surface area is 146 Å². The molecule has 5 nitrogen and oxygen atoms in total. The Balaban J connectivity index is 1.67. The first-order valence-corrected chi connectivity index (χ1v) is 8.23. The van der Waals surface area contributed by atoms with Gasteiger partial charge in [-0.05, 0) is 31.2 Å². The van der Waals surface area contributed by atoms with Crippen molar-refractivity contribution in [2.75, 3.05) is 5.32 Å². The molecule has 1 aromatic heterocycles. The molecule has 1 heterocycles. The lowest BCUT2D eigenvalue weighted by Gasteiger charge is -2.11. The van der Waals surface area contributed by atoms with Gasteiger partial charge in [-0.3, -0.25) is 4.79 Å². The van der Waals surface area contributed by atoms with Crippen LogP contribution in [0.3, 0.4) is 0 Å². The number of anilines is 1. The van der Waals surface area contributed by atoms with Crippen LogP contribution in [0.1, 0.15) is 6.92 Å². The predicted octanol–water partition coefficient (Wildman–Crippen LogP) is 4.13. The molecule has 3 aromatic rings. The number of aromatic nitrogens is 2. The molecule has 0 fully saturated rings. The number of benzene rings is 2. The summed E-state index contributed by atoms with van der Waals surface area (Å²) in [6.45, 7) is 1.57. The van der Waals surface area contributed by atoms with E-state index in [1.165, 1.54) is 6.07 Å². The van der Waals surface area contributed by atoms with E-state index in [0.29, 0.717) is 5.89 Å². The Morgan fingerprint density at radius 3 is 2.44 bits per heavy atom. The van der Waals surface area contributed by atoms with Crippen molar-refractivity contribution in [2.45, 2.75) is 17.4 Å². The minimum absolute atomic E-state index is 0.190. The Hall–Kier alpha value is -2.74. The molecule has 0 aliphatic carbocycles. The molecule has 0 saturated carbocycles. The van der Waals surface area contributed by atoms with Gasteiger partial charge in [-0.2, -0.15) is 0 Å². The summed E-state index contributed by atoms with van der Waals surface area (Å²) in [4.78, 5) is 12.1. The maximum Gasteiger partial charge on any atom is 0.277 e. The zero-order valence-electron chi connectivity index (χ0n) is 13.1. The highest BCUT2D eigenvalue weighted by molar-refractivity contribution is 8.00. The van der Waals surface area contributed by atoms with Crippen molar-refractivity contribution >= 4 is 23.4 Å². The Kier molecular flexibility index (Phi) is 5.08. The van der Waals surface area contributed by atoms with Gasteiger partial charge in [0.05, 0.1) is 5.25 Å². The monoisotopic (exact) mass is 361 g/mol. The number of rotatable bonds is 5. The van der Waals surface area contributed by atoms with E-state index in [2.05, 4.69) is 15.5 Å². The van der Waals surface area contributed by atoms with Crippen molar-refractivity contribution in [3.8, 4) is 11.5 Å². The van der Waals surface area contributed by atoms with Crippen LogP contribution in [0.25, 0.3) is 11.5 Å². The number of nitrogens with one attached hydrogen (secondary N) is 1. The van der Waals surface area contributed by atoms with Crippen molar-refractivity contribution in [3.05, 3.63) is 60.2 Å². The molecule has 0 unspecified atom stereocenters. The lowest BCUT2D eigenvalue weighted by molar-refractivity contribution is -0.115. The second-order valence-electron chi connectivity index (χ2n) is 5.09. The van der Waals surface area contributed by atoms with Crippen molar-refractivity contribution in [3.63, 3.8) is 0 Å². The molecule has 128 valence electrons. The summed E-state index contributed by atoms with van der Waals surface area (Å²) in [6.07, 6.45) is 0. The maximum atomic E-state index is 13.6. The second kappa shape index (κ2) is 7.43. The van der Waals surface area contributed by atoms with Crippen molar-refractivity contribution in [2.24, 2.45) is 0 Å². The molecule has 1 N–H and O–H groups in total. The topological polar surface area (TPSA) is 68.0 Å². The Bertz CT molecular complexity index is 866. The van der Waals surface area contributed by atoms with Gasteiger partial charge in [-0.15, -0.1) is 10.2 Å². The van der Waals surface area contributed by atoms with Crippen molar-refractivity contribution in [1.29, 1.82) is 0 Å². The molecule has 3 rings (SSSR count). The summed E-state index contributed by atoms with van der Waals surface area (Å²) < 4.78 is 32.7. The van der Waals surface area contributed by atoms with E-state index < -0.39 is 28.5 Å². The summed E-state index contributed by atoms with van der Waals surface area (Å²) in [5, 5.41) is 9.53. The molecule has 0 bridgehead atoms. The second-order valence-corrected chi connectivity index (χ2v) is 6.38. The van der Waals surface area contributed by atoms with E-state index in [9.17, 15) is 13.6 Å². The molecule has 25 heavy (non-hydrogen) atoms. The van der Waals surface area contributed by atoms with Crippen LogP contribution in [0.15, 0.2) is 58.2 Å². The molecule has 1 amide bonds. The number of thioether (sulfide) groups is 1. The summed E-state index contributed by atoms with van der Waals surface area (Å²) in [5.41, 5.74) is 0.280. The van der Waals surface area contributed by atoms with Gasteiger partial charge >= 0.3 is 0 Å². The van der Waals surface area contributed by atoms with Gasteiger partial charge in [0.2, 0.25) is 11.8 Å². The summed E-state index contributed by atoms with van der Waals surface area (Å²) in [6, 6.07) is 12.5. The average Bonchev–Trinajstić information content (AvgIpc) is 3.07. The minimum Gasteiger partial charge on any atom is -0.411 e. The number of hydrogen-bond acceptors (Lipinski definition) is 5. The lowest BCUT2D eigenvalue weighted by Crippen LogP contribution is -2.23. The van der Waals surface area contributed by atoms with Gasteiger partial charge in [-0.1, -0.05) is 36.0 Å². The van der Waals surface area contributed by atoms with Gasteiger partial charge in [0.1, 0.15) is 17.3 Å². The van der Waals surface area contributed by atoms with Crippen LogP contribution in [-0.4, -0.2) is 21.4 Å². The normalized spacial score (nSPS) is 12.0. The molecule has 0 aliphatic rings. The Morgan fingerprint density at radius 1 is 1.08 bits per heavy atom. The third-order valence-electron chi connectivity index (χ3n) is 3.28. The number of hydrogen-bond donors (Lipinski definition) is 1. The fourth-order valence-corrected chi connectivity index (χ4v) is 2.69. The van der Waals surface area contributed by atoms with Crippen molar-refractivity contribution in [1.82, 2.24) is 10.2 Å². The van der Waals surface area contributed by atoms with Crippen LogP contribution >= 0.6 is 11.8 Å². The van der Waals surface area contributed by atoms with Crippen LogP contribution < -0.4 is 5.32 Å². The van der Waals surface area contributed by atoms with Gasteiger partial charge in [0, 0.05) is 5.56 Å². The molecule has 2 aromatic carbocycles. The quantitative estimate of drug-likeness (QED) is 0.692. The summed E-state index contributed by atoms with van der Waals surface area (Å²) in [5.74, 6) is -1.92. The number of nitrogens with zero attached hydrogens (tertiary/aromatic N) is 2. The maximum absolute atomic E-state index is 13.6. The molecule has 0 aliphatic heterocycles. The average molecular weight is 361 g/mol. The van der Waals surface area contributed by atoms with Crippen LogP contribution in [0.2, 0.25) is 0 Å². The standard InChI is InChI=1S/C17H13F2N3O2S/c1-10(15(23)20-14-12(18)8-5-9-13(14)19)25-17-22-21-16(24-17)11-6-3-2-4-7-11/h2-10H,1H3,(H,20,23)/t10-/m0/s1. The van der Waals surface area contributed by atoms with Crippen LogP contribution in [0.5, 0.6) is 0 Å². The van der Waals surface area contributed by atoms with E-state index >= 15 is 0 Å². The largest absolute Gasteiger partial charge is 0.411 e. The highest BCUT2D eigenvalue weighted by atomic mass is 32.2. The number of carbonyl (C=O) groups is 1. The Morgan fingerprint density at radius 2 is 1.76 bits per heavy atom. The SMILES string of the molecule is C[C@H](Sc1nnc(-c2ccccc2)o1)C(=O)Nc1c(F)cccc1F. The van der Waals surface area contributed by atoms with Crippen LogP contribution in [0.4, 0.5) is 14.5 Å². The number of para-hydroxylation sites is 1. The highest BCUT2D eigenvalue weighted by Gasteiger charge is 2.21. The smallest absolute Gasteiger partial charge is 0.277 e. The fraction of sp³-hybridized carbons (Fsp3) is 0.118. The fourth-order valence-electron chi connectivity index (χ4n) is 2.00. The van der Waals surface area contributed by atoms with Gasteiger partial charge in [0.15, 0.2) is 0 Å². The highest BCUT2D eigenvalue weighted by Crippen LogP contribution is 2.27. The zero-order valence-corrected chi connectivity index (χ0v) is 13.9. The molecular weight excluding hydrogens is 348 g/mol. The first kappa shape index (κ1) is 17.1. The lowest BCUT2D eigenvalue weighted by atomic mass is 10.2. The molecule has 0 saturated heterocycles. The van der Waals surface area contributed by atoms with Gasteiger partial charge < -0.3 is 9.73 Å². The van der Waals surface area contributed by atoms with E-state index in [0.717, 1.165) is 29.5 Å². The number of amides is 1. The summed E-state index contributed by atoms with van der Waals surface area (Å²) in [7, 11) is 0. The number of halogens is 2. The third kappa shape index (κ3) is 4.03. The van der Waals surface area contributed by atoms with Crippen LogP contribution in [0, 0.1) is 11.6 Å². The van der Waals surface area contributed by atoms with E-state index in [4.69, 9.17) is 4.42 Å². The van der Waals surface area contributed by atoms with Crippen molar-refractivity contribution < 1.29 is 18.0 Å². The first-order valence-electron chi connectivity index (χ1n) is 7.35. The van der Waals surface area contributed by atoms with E-state index in [1.807, 2.05) is 30.3 Å². The van der Waals surface area contributed by atoms with E-state index in [1.54, 1.807) is 6.92 Å². The molecule has 1 atom stereocenters. The predicted molar refractivity (Wildman–Crippen MR) is 90.0 cm³/mol. The minimum atomic E-state index is -0.838. The van der Waals surface area contributed by atoms with Crippen LogP contribution in [-0.2, 0) is 4.79 Å². The number of carbonyl (C=O) groups excluding carboxylic acids is 1. The van der Waals surface area contributed by atoms with Gasteiger partial charge in [0.25, 0.3) is 5.22 Å². The van der Waals surface area contributed by atoms with E-state index in [-0.39, 0.29) is 5.22 Å².